The number of para-hydroxylation sites is 1. The molecule has 1 aromatic rings. The molecule has 2 unspecified atom stereocenters. The SMILES string of the molecule is O=[PH](Oc1ccccc1)OC1([SiH3])CCCCO1. The normalized spacial score (nSPS) is 26.6. The predicted octanol–water partition coefficient (Wildman–Crippen LogP) is 1.69. The average molecular weight is 272 g/mol. The van der Waals surface area contributed by atoms with E-state index in [9.17, 15) is 4.57 Å². The first kappa shape index (κ1) is 12.8. The highest BCUT2D eigenvalue weighted by atomic mass is 31.1. The number of benzene rings is 1. The molecule has 2 rings (SSSR count). The van der Waals surface area contributed by atoms with Crippen LogP contribution in [-0.2, 0) is 13.8 Å². The zero-order valence-corrected chi connectivity index (χ0v) is 12.8. The van der Waals surface area contributed by atoms with Crippen molar-refractivity contribution in [1.29, 1.82) is 0 Å². The maximum atomic E-state index is 11.8. The topological polar surface area (TPSA) is 44.8 Å². The van der Waals surface area contributed by atoms with Crippen molar-refractivity contribution in [3.63, 3.8) is 0 Å². The molecule has 2 atom stereocenters. The van der Waals surface area contributed by atoms with E-state index >= 15 is 0 Å². The maximum absolute atomic E-state index is 11.8. The third kappa shape index (κ3) is 3.96. The molecule has 17 heavy (non-hydrogen) atoms. The highest BCUT2D eigenvalue weighted by Crippen LogP contribution is 2.36. The Hall–Kier alpha value is -0.613. The minimum absolute atomic E-state index is 0.567. The lowest BCUT2D eigenvalue weighted by Crippen LogP contribution is -2.38. The second kappa shape index (κ2) is 5.82. The molecule has 1 aliphatic heterocycles. The molecule has 0 amide bonds. The van der Waals surface area contributed by atoms with Crippen molar-refractivity contribution in [3.05, 3.63) is 30.3 Å². The van der Waals surface area contributed by atoms with Crippen molar-refractivity contribution in [1.82, 2.24) is 0 Å². The van der Waals surface area contributed by atoms with E-state index in [-0.39, 0.29) is 0 Å². The van der Waals surface area contributed by atoms with Gasteiger partial charge in [-0.3, -0.25) is 4.52 Å². The van der Waals surface area contributed by atoms with Gasteiger partial charge < -0.3 is 9.26 Å². The number of hydrogen-bond donors (Lipinski definition) is 0. The van der Waals surface area contributed by atoms with Crippen molar-refractivity contribution in [3.8, 4) is 5.75 Å². The van der Waals surface area contributed by atoms with E-state index in [1.807, 2.05) is 18.2 Å². The van der Waals surface area contributed by atoms with Crippen LogP contribution in [0.25, 0.3) is 0 Å². The largest absolute Gasteiger partial charge is 0.426 e. The molecular weight excluding hydrogens is 255 g/mol. The first-order valence-corrected chi connectivity index (χ1v) is 8.00. The lowest BCUT2D eigenvalue weighted by atomic mass is 10.2. The van der Waals surface area contributed by atoms with E-state index in [0.717, 1.165) is 19.3 Å². The summed E-state index contributed by atoms with van der Waals surface area (Å²) in [7, 11) is -1.84. The molecule has 1 heterocycles. The highest BCUT2D eigenvalue weighted by Gasteiger charge is 2.31. The Morgan fingerprint density at radius 1 is 1.29 bits per heavy atom. The Balaban J connectivity index is 1.88. The van der Waals surface area contributed by atoms with Crippen LogP contribution in [0, 0.1) is 0 Å². The quantitative estimate of drug-likeness (QED) is 0.618. The van der Waals surface area contributed by atoms with Gasteiger partial charge in [0, 0.05) is 6.61 Å². The van der Waals surface area contributed by atoms with Gasteiger partial charge >= 0.3 is 8.25 Å². The van der Waals surface area contributed by atoms with Crippen molar-refractivity contribution in [2.75, 3.05) is 6.61 Å². The third-order valence-corrected chi connectivity index (χ3v) is 5.08. The van der Waals surface area contributed by atoms with Gasteiger partial charge in [-0.1, -0.05) is 18.2 Å². The van der Waals surface area contributed by atoms with E-state index in [1.54, 1.807) is 12.1 Å². The van der Waals surface area contributed by atoms with Crippen LogP contribution in [-0.4, -0.2) is 22.3 Å². The fourth-order valence-corrected chi connectivity index (χ4v) is 3.71. The van der Waals surface area contributed by atoms with Crippen LogP contribution in [0.4, 0.5) is 0 Å². The molecule has 1 fully saturated rings. The average Bonchev–Trinajstić information content (AvgIpc) is 2.30. The summed E-state index contributed by atoms with van der Waals surface area (Å²) in [5.74, 6) is 0.567. The van der Waals surface area contributed by atoms with Crippen LogP contribution in [0.15, 0.2) is 30.3 Å². The van der Waals surface area contributed by atoms with Gasteiger partial charge in [-0.05, 0) is 31.4 Å². The fraction of sp³-hybridized carbons (Fsp3) is 0.455. The van der Waals surface area contributed by atoms with Crippen LogP contribution >= 0.6 is 8.25 Å². The van der Waals surface area contributed by atoms with Crippen LogP contribution < -0.4 is 4.52 Å². The minimum atomic E-state index is -2.54. The molecule has 0 aliphatic carbocycles. The summed E-state index contributed by atoms with van der Waals surface area (Å²) in [6, 6.07) is 9.06. The Labute approximate surface area is 105 Å². The number of ether oxygens (including phenoxy) is 1. The smallest absolute Gasteiger partial charge is 0.370 e. The van der Waals surface area contributed by atoms with Crippen molar-refractivity contribution < 1.29 is 18.3 Å². The Morgan fingerprint density at radius 2 is 2.06 bits per heavy atom. The van der Waals surface area contributed by atoms with Gasteiger partial charge in [0.2, 0.25) is 0 Å². The fourth-order valence-electron chi connectivity index (χ4n) is 1.77. The summed E-state index contributed by atoms with van der Waals surface area (Å²) < 4.78 is 28.0. The van der Waals surface area contributed by atoms with Crippen molar-refractivity contribution in [2.24, 2.45) is 0 Å². The zero-order chi connectivity index (χ0) is 12.1. The Bertz CT molecular complexity index is 378. The molecule has 0 aromatic heterocycles. The highest BCUT2D eigenvalue weighted by molar-refractivity contribution is 7.33. The first-order chi connectivity index (χ1) is 8.18. The summed E-state index contributed by atoms with van der Waals surface area (Å²) in [6.07, 6.45) is 2.92. The molecule has 0 N–H and O–H groups in total. The molecule has 6 heteroatoms. The molecule has 0 radical (unpaired) electrons. The summed E-state index contributed by atoms with van der Waals surface area (Å²) >= 11 is 0. The van der Waals surface area contributed by atoms with E-state index in [1.165, 1.54) is 0 Å². The van der Waals surface area contributed by atoms with Crippen LogP contribution in [0.1, 0.15) is 19.3 Å². The van der Waals surface area contributed by atoms with E-state index in [2.05, 4.69) is 0 Å². The first-order valence-electron chi connectivity index (χ1n) is 5.78. The molecule has 4 nitrogen and oxygen atoms in total. The standard InChI is InChI=1S/C11H17O4PSi/c12-16(14-10-6-2-1-3-7-10)15-11(17)8-4-5-9-13-11/h1-3,6-7,16H,4-5,8-9H2,17H3. The lowest BCUT2D eigenvalue weighted by molar-refractivity contribution is -0.143. The molecule has 0 saturated carbocycles. The van der Waals surface area contributed by atoms with Gasteiger partial charge in [-0.2, -0.15) is 0 Å². The van der Waals surface area contributed by atoms with E-state index in [0.29, 0.717) is 22.6 Å². The summed E-state index contributed by atoms with van der Waals surface area (Å²) in [6.45, 7) is 0.685. The minimum Gasteiger partial charge on any atom is -0.426 e. The molecule has 1 saturated heterocycles. The Morgan fingerprint density at radius 3 is 2.71 bits per heavy atom. The van der Waals surface area contributed by atoms with Gasteiger partial charge in [0.1, 0.15) is 5.75 Å². The van der Waals surface area contributed by atoms with Crippen LogP contribution in [0.2, 0.25) is 0 Å². The van der Waals surface area contributed by atoms with Crippen LogP contribution in [0.5, 0.6) is 5.75 Å². The third-order valence-electron chi connectivity index (χ3n) is 2.68. The summed E-state index contributed by atoms with van der Waals surface area (Å²) in [5, 5.41) is 0. The van der Waals surface area contributed by atoms with Crippen LogP contribution in [0.3, 0.4) is 0 Å². The van der Waals surface area contributed by atoms with E-state index < -0.39 is 13.7 Å². The molecular formula is C11H17O4PSi. The second-order valence-corrected chi connectivity index (χ2v) is 6.64. The second-order valence-electron chi connectivity index (χ2n) is 4.21. The van der Waals surface area contributed by atoms with Gasteiger partial charge in [0.15, 0.2) is 5.41 Å². The lowest BCUT2D eigenvalue weighted by Gasteiger charge is -2.33. The molecule has 0 spiro atoms. The molecule has 94 valence electrons. The van der Waals surface area contributed by atoms with Crippen molar-refractivity contribution >= 4 is 18.5 Å². The van der Waals surface area contributed by atoms with Gasteiger partial charge in [0.25, 0.3) is 0 Å². The van der Waals surface area contributed by atoms with E-state index in [4.69, 9.17) is 13.8 Å². The monoisotopic (exact) mass is 272 g/mol. The maximum Gasteiger partial charge on any atom is 0.370 e. The number of rotatable bonds is 4. The van der Waals surface area contributed by atoms with Gasteiger partial charge in [-0.25, -0.2) is 4.57 Å². The Kier molecular flexibility index (Phi) is 4.40. The predicted molar refractivity (Wildman–Crippen MR) is 69.6 cm³/mol. The van der Waals surface area contributed by atoms with Crippen molar-refractivity contribution in [2.45, 2.75) is 24.7 Å². The summed E-state index contributed by atoms with van der Waals surface area (Å²) in [5.41, 5.74) is -0.622. The zero-order valence-electron chi connectivity index (χ0n) is 9.85. The van der Waals surface area contributed by atoms with Gasteiger partial charge in [-0.15, -0.1) is 0 Å². The van der Waals surface area contributed by atoms with Gasteiger partial charge in [0.05, 0.1) is 10.2 Å². The summed E-state index contributed by atoms with van der Waals surface area (Å²) in [4.78, 5) is 0. The molecule has 1 aliphatic rings. The molecule has 0 bridgehead atoms. The molecule has 1 aromatic carbocycles. The number of hydrogen-bond acceptors (Lipinski definition) is 4.